The van der Waals surface area contributed by atoms with Gasteiger partial charge in [0.05, 0.1) is 0 Å². The summed E-state index contributed by atoms with van der Waals surface area (Å²) in [7, 11) is 0. The molecule has 4 heteroatoms. The second-order valence-electron chi connectivity index (χ2n) is 4.70. The van der Waals surface area contributed by atoms with Gasteiger partial charge < -0.3 is 11.5 Å². The Hall–Kier alpha value is -1.29. The van der Waals surface area contributed by atoms with Crippen LogP contribution in [0.1, 0.15) is 25.0 Å². The van der Waals surface area contributed by atoms with Crippen LogP contribution in [-0.4, -0.2) is 5.91 Å². The molecule has 0 unspecified atom stereocenters. The van der Waals surface area contributed by atoms with Crippen molar-refractivity contribution in [3.63, 3.8) is 0 Å². The number of nitrogens with two attached hydrogens (primary N) is 2. The van der Waals surface area contributed by atoms with Crippen LogP contribution >= 0.6 is 15.9 Å². The number of carbonyl (C=O) groups excluding carboxylic acids is 1. The highest BCUT2D eigenvalue weighted by atomic mass is 79.9. The van der Waals surface area contributed by atoms with E-state index in [4.69, 9.17) is 11.5 Å². The molecule has 0 aliphatic rings. The molecule has 1 aromatic carbocycles. The van der Waals surface area contributed by atoms with E-state index in [1.54, 1.807) is 0 Å². The molecule has 1 amide bonds. The highest BCUT2D eigenvalue weighted by molar-refractivity contribution is 9.10. The Kier molecular flexibility index (Phi) is 4.96. The van der Waals surface area contributed by atoms with Gasteiger partial charge in [0, 0.05) is 22.2 Å². The maximum Gasteiger partial charge on any atom is 0.246 e. The van der Waals surface area contributed by atoms with Gasteiger partial charge in [-0.2, -0.15) is 0 Å². The van der Waals surface area contributed by atoms with E-state index in [1.165, 1.54) is 0 Å². The van der Waals surface area contributed by atoms with Crippen LogP contribution in [0, 0.1) is 12.8 Å². The molecular weight excluding hydrogens is 292 g/mol. The predicted molar refractivity (Wildman–Crippen MR) is 77.8 cm³/mol. The van der Waals surface area contributed by atoms with Crippen LogP contribution in [0.25, 0.3) is 0 Å². The average molecular weight is 311 g/mol. The summed E-state index contributed by atoms with van der Waals surface area (Å²) in [4.78, 5) is 11.5. The third-order valence-electron chi connectivity index (χ3n) is 2.94. The van der Waals surface area contributed by atoms with Crippen molar-refractivity contribution in [2.45, 2.75) is 27.2 Å². The highest BCUT2D eigenvalue weighted by Crippen LogP contribution is 2.20. The Morgan fingerprint density at radius 2 is 1.94 bits per heavy atom. The third kappa shape index (κ3) is 3.60. The summed E-state index contributed by atoms with van der Waals surface area (Å²) in [6, 6.07) is 5.95. The van der Waals surface area contributed by atoms with Crippen LogP contribution in [0.5, 0.6) is 0 Å². The van der Waals surface area contributed by atoms with Gasteiger partial charge in [-0.3, -0.25) is 4.79 Å². The van der Waals surface area contributed by atoms with E-state index in [-0.39, 0.29) is 5.92 Å². The summed E-state index contributed by atoms with van der Waals surface area (Å²) in [6.45, 7) is 5.91. The second kappa shape index (κ2) is 6.05. The van der Waals surface area contributed by atoms with E-state index in [2.05, 4.69) is 15.9 Å². The summed E-state index contributed by atoms with van der Waals surface area (Å²) in [6.07, 6.45) is 0.485. The Balaban J connectivity index is 3.13. The van der Waals surface area contributed by atoms with Crippen LogP contribution in [0.15, 0.2) is 33.9 Å². The number of rotatable bonds is 4. The van der Waals surface area contributed by atoms with Gasteiger partial charge in [0.25, 0.3) is 0 Å². The van der Waals surface area contributed by atoms with E-state index in [1.807, 2.05) is 39.0 Å². The zero-order valence-corrected chi connectivity index (χ0v) is 12.5. The van der Waals surface area contributed by atoms with Crippen LogP contribution in [0.2, 0.25) is 0 Å². The summed E-state index contributed by atoms with van der Waals surface area (Å²) < 4.78 is 1.02. The zero-order valence-electron chi connectivity index (χ0n) is 11.0. The largest absolute Gasteiger partial charge is 0.401 e. The van der Waals surface area contributed by atoms with E-state index in [0.29, 0.717) is 17.7 Å². The lowest BCUT2D eigenvalue weighted by atomic mass is 9.95. The van der Waals surface area contributed by atoms with Crippen molar-refractivity contribution in [3.05, 3.63) is 45.1 Å². The number of primary amides is 1. The van der Waals surface area contributed by atoms with Crippen LogP contribution < -0.4 is 11.5 Å². The van der Waals surface area contributed by atoms with E-state index in [0.717, 1.165) is 15.6 Å². The first-order valence-electron chi connectivity index (χ1n) is 5.86. The van der Waals surface area contributed by atoms with Crippen LogP contribution in [0.4, 0.5) is 0 Å². The van der Waals surface area contributed by atoms with Gasteiger partial charge >= 0.3 is 0 Å². The Morgan fingerprint density at radius 1 is 1.33 bits per heavy atom. The molecule has 0 spiro atoms. The van der Waals surface area contributed by atoms with Gasteiger partial charge in [0.2, 0.25) is 5.91 Å². The minimum absolute atomic E-state index is 0.114. The molecule has 0 aliphatic carbocycles. The molecule has 3 nitrogen and oxygen atoms in total. The lowest BCUT2D eigenvalue weighted by Gasteiger charge is -2.13. The lowest BCUT2D eigenvalue weighted by molar-refractivity contribution is -0.114. The number of carbonyl (C=O) groups is 1. The Morgan fingerprint density at radius 3 is 2.39 bits per heavy atom. The summed E-state index contributed by atoms with van der Waals surface area (Å²) in [5.74, 6) is -0.327. The molecule has 0 saturated heterocycles. The minimum Gasteiger partial charge on any atom is -0.401 e. The molecule has 98 valence electrons. The number of amides is 1. The van der Waals surface area contributed by atoms with Gasteiger partial charge in [0.15, 0.2) is 0 Å². The Bertz CT molecular complexity index is 493. The molecule has 0 fully saturated rings. The molecule has 0 aliphatic heterocycles. The highest BCUT2D eigenvalue weighted by Gasteiger charge is 2.14. The molecule has 0 bridgehead atoms. The first-order chi connectivity index (χ1) is 8.32. The van der Waals surface area contributed by atoms with Gasteiger partial charge in [-0.25, -0.2) is 0 Å². The number of aryl methyl sites for hydroxylation is 1. The summed E-state index contributed by atoms with van der Waals surface area (Å²) >= 11 is 3.42. The summed E-state index contributed by atoms with van der Waals surface area (Å²) in [5, 5.41) is 0. The summed E-state index contributed by atoms with van der Waals surface area (Å²) in [5.41, 5.74) is 14.6. The normalized spacial score (nSPS) is 12.5. The van der Waals surface area contributed by atoms with Gasteiger partial charge in [-0.15, -0.1) is 0 Å². The zero-order chi connectivity index (χ0) is 13.9. The fraction of sp³-hybridized carbons (Fsp3) is 0.357. The maximum absolute atomic E-state index is 11.5. The van der Waals surface area contributed by atoms with Crippen LogP contribution in [-0.2, 0) is 11.2 Å². The molecule has 0 heterocycles. The average Bonchev–Trinajstić information content (AvgIpc) is 2.26. The predicted octanol–water partition coefficient (Wildman–Crippen LogP) is 2.65. The van der Waals surface area contributed by atoms with Crippen molar-refractivity contribution in [2.24, 2.45) is 17.4 Å². The number of hydrogen-bond acceptors (Lipinski definition) is 2. The smallest absolute Gasteiger partial charge is 0.246 e. The first-order valence-corrected chi connectivity index (χ1v) is 6.65. The Labute approximate surface area is 116 Å². The molecule has 0 saturated carbocycles. The fourth-order valence-electron chi connectivity index (χ4n) is 1.73. The van der Waals surface area contributed by atoms with Crippen molar-refractivity contribution in [1.29, 1.82) is 0 Å². The minimum atomic E-state index is -0.441. The fourth-order valence-corrected chi connectivity index (χ4v) is 2.20. The molecule has 0 radical (unpaired) electrons. The van der Waals surface area contributed by atoms with Gasteiger partial charge in [0.1, 0.15) is 0 Å². The van der Waals surface area contributed by atoms with Crippen LogP contribution in [0.3, 0.4) is 0 Å². The molecule has 0 atom stereocenters. The molecule has 1 rings (SSSR count). The van der Waals surface area contributed by atoms with Crippen molar-refractivity contribution in [2.75, 3.05) is 0 Å². The SMILES string of the molecule is Cc1cc(Br)ccc1C/C(C(N)=O)=C(/N)C(C)C. The lowest BCUT2D eigenvalue weighted by Crippen LogP contribution is -2.23. The molecular formula is C14H19BrN2O. The molecule has 1 aromatic rings. The van der Waals surface area contributed by atoms with Gasteiger partial charge in [-0.1, -0.05) is 35.8 Å². The molecule has 18 heavy (non-hydrogen) atoms. The topological polar surface area (TPSA) is 69.1 Å². The van der Waals surface area contributed by atoms with Gasteiger partial charge in [-0.05, 0) is 36.1 Å². The standard InChI is InChI=1S/C14H19BrN2O/c1-8(2)13(16)12(14(17)18)7-10-4-5-11(15)6-9(10)3/h4-6,8H,7,16H2,1-3H3,(H2,17,18)/b13-12-. The number of halogens is 1. The molecule has 4 N–H and O–H groups in total. The van der Waals surface area contributed by atoms with E-state index >= 15 is 0 Å². The van der Waals surface area contributed by atoms with Crippen molar-refractivity contribution >= 4 is 21.8 Å². The van der Waals surface area contributed by atoms with E-state index in [9.17, 15) is 4.79 Å². The van der Waals surface area contributed by atoms with Crippen molar-refractivity contribution < 1.29 is 4.79 Å². The number of allylic oxidation sites excluding steroid dienone is 1. The third-order valence-corrected chi connectivity index (χ3v) is 3.43. The maximum atomic E-state index is 11.5. The number of benzene rings is 1. The van der Waals surface area contributed by atoms with E-state index < -0.39 is 5.91 Å². The van der Waals surface area contributed by atoms with Crippen molar-refractivity contribution in [1.82, 2.24) is 0 Å². The second-order valence-corrected chi connectivity index (χ2v) is 5.62. The quantitative estimate of drug-likeness (QED) is 0.839. The van der Waals surface area contributed by atoms with Crippen molar-refractivity contribution in [3.8, 4) is 0 Å². The monoisotopic (exact) mass is 310 g/mol. The first kappa shape index (κ1) is 14.8. The number of hydrogen-bond donors (Lipinski definition) is 2. The molecule has 0 aromatic heterocycles.